The van der Waals surface area contributed by atoms with Gasteiger partial charge in [-0.3, -0.25) is 0 Å². The Hall–Kier alpha value is -2.07. The summed E-state index contributed by atoms with van der Waals surface area (Å²) in [5.74, 6) is 2.17. The maximum absolute atomic E-state index is 12.8. The summed E-state index contributed by atoms with van der Waals surface area (Å²) in [6.45, 7) is 5.90. The molecule has 1 aromatic carbocycles. The second kappa shape index (κ2) is 8.74. The molecule has 156 valence electrons. The molecule has 0 amide bonds. The van der Waals surface area contributed by atoms with E-state index in [1.54, 1.807) is 6.07 Å². The van der Waals surface area contributed by atoms with E-state index in [1.807, 2.05) is 12.1 Å². The molecule has 1 N–H and O–H groups in total. The van der Waals surface area contributed by atoms with Crippen LogP contribution >= 0.6 is 0 Å². The molecule has 2 aromatic rings. The fraction of sp³-hybridized carbons (Fsp3) is 0.560. The van der Waals surface area contributed by atoms with Gasteiger partial charge < -0.3 is 14.3 Å². The molecule has 2 atom stereocenters. The van der Waals surface area contributed by atoms with Crippen LogP contribution < -0.4 is 5.63 Å². The first-order valence-corrected chi connectivity index (χ1v) is 11.0. The van der Waals surface area contributed by atoms with Gasteiger partial charge >= 0.3 is 5.63 Å². The summed E-state index contributed by atoms with van der Waals surface area (Å²) in [4.78, 5) is 12.8. The van der Waals surface area contributed by atoms with Crippen molar-refractivity contribution < 1.29 is 14.3 Å². The molecule has 2 unspecified atom stereocenters. The van der Waals surface area contributed by atoms with Gasteiger partial charge in [-0.1, -0.05) is 38.1 Å². The van der Waals surface area contributed by atoms with Gasteiger partial charge in [0.25, 0.3) is 0 Å². The molecular weight excluding hydrogens is 364 g/mol. The van der Waals surface area contributed by atoms with Gasteiger partial charge in [0.15, 0.2) is 0 Å². The summed E-state index contributed by atoms with van der Waals surface area (Å²) in [6.07, 6.45) is 5.99. The van der Waals surface area contributed by atoms with Crippen LogP contribution in [-0.4, -0.2) is 18.3 Å². The predicted octanol–water partition coefficient (Wildman–Crippen LogP) is 5.37. The predicted molar refractivity (Wildman–Crippen MR) is 114 cm³/mol. The molecule has 0 spiro atoms. The smallest absolute Gasteiger partial charge is 0.343 e. The molecule has 2 fully saturated rings. The molecule has 1 aliphatic heterocycles. The molecule has 1 aromatic heterocycles. The molecule has 1 saturated carbocycles. The van der Waals surface area contributed by atoms with Crippen LogP contribution in [0.15, 0.2) is 39.5 Å². The first kappa shape index (κ1) is 20.2. The van der Waals surface area contributed by atoms with Crippen LogP contribution in [-0.2, 0) is 11.2 Å². The highest BCUT2D eigenvalue weighted by molar-refractivity contribution is 5.40. The lowest BCUT2D eigenvalue weighted by Crippen LogP contribution is -2.22. The fourth-order valence-corrected chi connectivity index (χ4v) is 4.62. The lowest BCUT2D eigenvalue weighted by Gasteiger charge is -2.28. The first-order chi connectivity index (χ1) is 14.0. The van der Waals surface area contributed by atoms with E-state index >= 15 is 0 Å². The average Bonchev–Trinajstić information content (AvgIpc) is 3.55. The number of benzene rings is 1. The van der Waals surface area contributed by atoms with Gasteiger partial charge in [-0.2, -0.15) is 0 Å². The highest BCUT2D eigenvalue weighted by atomic mass is 16.5. The summed E-state index contributed by atoms with van der Waals surface area (Å²) < 4.78 is 11.4. The van der Waals surface area contributed by atoms with E-state index in [9.17, 15) is 9.90 Å². The zero-order valence-electron chi connectivity index (χ0n) is 17.5. The zero-order valence-corrected chi connectivity index (χ0v) is 17.5. The highest BCUT2D eigenvalue weighted by Gasteiger charge is 2.28. The molecular formula is C25H32O4. The van der Waals surface area contributed by atoms with Crippen molar-refractivity contribution in [1.29, 1.82) is 0 Å². The van der Waals surface area contributed by atoms with Gasteiger partial charge in [0.05, 0.1) is 5.56 Å². The van der Waals surface area contributed by atoms with Crippen LogP contribution in [0.1, 0.15) is 80.2 Å². The van der Waals surface area contributed by atoms with Crippen LogP contribution in [0.25, 0.3) is 0 Å². The maximum atomic E-state index is 12.8. The van der Waals surface area contributed by atoms with E-state index < -0.39 is 5.63 Å². The van der Waals surface area contributed by atoms with Crippen LogP contribution in [0, 0.1) is 11.8 Å². The highest BCUT2D eigenvalue weighted by Crippen LogP contribution is 2.42. The third kappa shape index (κ3) is 4.75. The first-order valence-electron chi connectivity index (χ1n) is 11.0. The van der Waals surface area contributed by atoms with Crippen molar-refractivity contribution >= 4 is 0 Å². The molecule has 1 aliphatic carbocycles. The van der Waals surface area contributed by atoms with Gasteiger partial charge in [0, 0.05) is 31.6 Å². The second-order valence-corrected chi connectivity index (χ2v) is 9.12. The van der Waals surface area contributed by atoms with Crippen molar-refractivity contribution in [2.45, 2.75) is 64.2 Å². The van der Waals surface area contributed by atoms with Crippen LogP contribution in [0.2, 0.25) is 0 Å². The Morgan fingerprint density at radius 2 is 1.97 bits per heavy atom. The monoisotopic (exact) mass is 396 g/mol. The Morgan fingerprint density at radius 1 is 1.17 bits per heavy atom. The van der Waals surface area contributed by atoms with Crippen molar-refractivity contribution in [1.82, 2.24) is 0 Å². The minimum atomic E-state index is -0.406. The van der Waals surface area contributed by atoms with Crippen molar-refractivity contribution in [2.75, 3.05) is 13.2 Å². The second-order valence-electron chi connectivity index (χ2n) is 9.12. The summed E-state index contributed by atoms with van der Waals surface area (Å²) in [6, 6.07) is 9.92. The largest absolute Gasteiger partial charge is 0.507 e. The van der Waals surface area contributed by atoms with Crippen molar-refractivity contribution in [3.05, 3.63) is 63.2 Å². The molecule has 0 bridgehead atoms. The quantitative estimate of drug-likeness (QED) is 0.683. The van der Waals surface area contributed by atoms with E-state index in [0.717, 1.165) is 38.0 Å². The van der Waals surface area contributed by atoms with Crippen LogP contribution in [0.4, 0.5) is 0 Å². The fourth-order valence-electron chi connectivity index (χ4n) is 4.62. The van der Waals surface area contributed by atoms with Crippen LogP contribution in [0.3, 0.4) is 0 Å². The summed E-state index contributed by atoms with van der Waals surface area (Å²) in [5.41, 5.74) is 2.37. The van der Waals surface area contributed by atoms with Gasteiger partial charge in [-0.25, -0.2) is 4.79 Å². The van der Waals surface area contributed by atoms with Crippen molar-refractivity contribution in [3.8, 4) is 5.75 Å². The lowest BCUT2D eigenvalue weighted by molar-refractivity contribution is 0.0457. The number of hydrogen-bond donors (Lipinski definition) is 1. The standard InChI is InChI=1S/C25H32O4/c1-16(2)21(12-17-6-5-11-28-15-17)24-14-23(26)22(25(27)29-24)13-19-7-3-4-8-20(19)18-9-10-18/h3-4,7-8,14,16-18,21,26H,5-6,9-13,15H2,1-2H3. The lowest BCUT2D eigenvalue weighted by atomic mass is 9.82. The molecule has 0 radical (unpaired) electrons. The van der Waals surface area contributed by atoms with Gasteiger partial charge in [0.1, 0.15) is 11.5 Å². The molecule has 2 heterocycles. The van der Waals surface area contributed by atoms with Gasteiger partial charge in [0.2, 0.25) is 0 Å². The Balaban J connectivity index is 1.58. The summed E-state index contributed by atoms with van der Waals surface area (Å²) in [7, 11) is 0. The van der Waals surface area contributed by atoms with E-state index in [4.69, 9.17) is 9.15 Å². The summed E-state index contributed by atoms with van der Waals surface area (Å²) in [5, 5.41) is 10.7. The molecule has 4 rings (SSSR count). The SMILES string of the molecule is CC(C)C(CC1CCCOC1)c1cc(O)c(Cc2ccccc2C2CC2)c(=O)o1. The minimum Gasteiger partial charge on any atom is -0.507 e. The van der Waals surface area contributed by atoms with E-state index in [0.29, 0.717) is 35.5 Å². The molecule has 2 aliphatic rings. The Labute approximate surface area is 172 Å². The van der Waals surface area contributed by atoms with Crippen molar-refractivity contribution in [2.24, 2.45) is 11.8 Å². The topological polar surface area (TPSA) is 59.7 Å². The van der Waals surface area contributed by atoms with Crippen molar-refractivity contribution in [3.63, 3.8) is 0 Å². The van der Waals surface area contributed by atoms with E-state index in [2.05, 4.69) is 26.0 Å². The number of rotatable bonds is 7. The minimum absolute atomic E-state index is 0.0624. The molecule has 29 heavy (non-hydrogen) atoms. The number of aromatic hydroxyl groups is 1. The normalized spacial score (nSPS) is 20.7. The third-order valence-corrected chi connectivity index (χ3v) is 6.50. The Morgan fingerprint density at radius 3 is 2.62 bits per heavy atom. The van der Waals surface area contributed by atoms with Crippen LogP contribution in [0.5, 0.6) is 5.75 Å². The zero-order chi connectivity index (χ0) is 20.4. The van der Waals surface area contributed by atoms with E-state index in [-0.39, 0.29) is 11.7 Å². The Kier molecular flexibility index (Phi) is 6.09. The molecule has 4 nitrogen and oxygen atoms in total. The number of hydrogen-bond acceptors (Lipinski definition) is 4. The number of ether oxygens (including phenoxy) is 1. The maximum Gasteiger partial charge on any atom is 0.343 e. The Bertz CT molecular complexity index is 888. The summed E-state index contributed by atoms with van der Waals surface area (Å²) >= 11 is 0. The molecule has 4 heteroatoms. The van der Waals surface area contributed by atoms with E-state index in [1.165, 1.54) is 18.4 Å². The van der Waals surface area contributed by atoms with Gasteiger partial charge in [-0.15, -0.1) is 0 Å². The average molecular weight is 397 g/mol. The third-order valence-electron chi connectivity index (χ3n) is 6.50. The van der Waals surface area contributed by atoms with Gasteiger partial charge in [-0.05, 0) is 61.0 Å². The molecule has 1 saturated heterocycles.